The largest absolute Gasteiger partial charge is 0.381 e. The molecule has 0 saturated heterocycles. The van der Waals surface area contributed by atoms with Crippen LogP contribution in [0.15, 0.2) is 35.8 Å². The van der Waals surface area contributed by atoms with Crippen molar-refractivity contribution >= 4 is 45.8 Å². The van der Waals surface area contributed by atoms with Crippen LogP contribution in [-0.2, 0) is 6.54 Å². The van der Waals surface area contributed by atoms with Gasteiger partial charge in [0.05, 0.1) is 45.0 Å². The molecule has 4 rings (SSSR count). The number of nitrogens with zero attached hydrogens (tertiary/aromatic N) is 4. The molecule has 1 unspecified atom stereocenters. The van der Waals surface area contributed by atoms with E-state index in [-0.39, 0.29) is 24.0 Å². The number of pyridine rings is 1. The van der Waals surface area contributed by atoms with Gasteiger partial charge in [0.2, 0.25) is 0 Å². The van der Waals surface area contributed by atoms with E-state index in [0.29, 0.717) is 33.5 Å². The highest BCUT2D eigenvalue weighted by atomic mass is 35.5. The van der Waals surface area contributed by atoms with Gasteiger partial charge in [0, 0.05) is 18.8 Å². The maximum atomic E-state index is 13.4. The van der Waals surface area contributed by atoms with E-state index in [1.54, 1.807) is 29.2 Å². The Balaban J connectivity index is 1.64. The second kappa shape index (κ2) is 10.1. The fourth-order valence-corrected chi connectivity index (χ4v) is 4.79. The molecule has 1 amide bonds. The second-order valence-electron chi connectivity index (χ2n) is 8.34. The van der Waals surface area contributed by atoms with Crippen LogP contribution in [0.4, 0.5) is 5.69 Å². The van der Waals surface area contributed by atoms with Crippen LogP contribution in [0.2, 0.25) is 10.0 Å². The molecule has 1 aliphatic carbocycles. The highest BCUT2D eigenvalue weighted by Gasteiger charge is 2.26. The number of aromatic nitrogens is 3. The fourth-order valence-electron chi connectivity index (χ4n) is 4.32. The van der Waals surface area contributed by atoms with Gasteiger partial charge in [0.1, 0.15) is 0 Å². The summed E-state index contributed by atoms with van der Waals surface area (Å²) in [6, 6.07) is 4.99. The lowest BCUT2D eigenvalue weighted by atomic mass is 9.91. The second-order valence-corrected chi connectivity index (χ2v) is 9.12. The molecule has 0 aliphatic heterocycles. The van der Waals surface area contributed by atoms with Gasteiger partial charge in [-0.2, -0.15) is 10.0 Å². The van der Waals surface area contributed by atoms with Gasteiger partial charge in [-0.3, -0.25) is 4.79 Å². The Morgan fingerprint density at radius 2 is 2.00 bits per heavy atom. The summed E-state index contributed by atoms with van der Waals surface area (Å²) in [4.78, 5) is 28.8. The van der Waals surface area contributed by atoms with Crippen molar-refractivity contribution in [1.82, 2.24) is 20.1 Å². The number of benzene rings is 1. The number of rotatable bonds is 7. The molecule has 0 spiro atoms. The van der Waals surface area contributed by atoms with Gasteiger partial charge in [0.15, 0.2) is 5.65 Å². The summed E-state index contributed by atoms with van der Waals surface area (Å²) in [6.45, 7) is 4.52. The van der Waals surface area contributed by atoms with Crippen molar-refractivity contribution in [3.05, 3.63) is 56.7 Å². The van der Waals surface area contributed by atoms with Crippen LogP contribution in [-0.4, -0.2) is 32.8 Å². The van der Waals surface area contributed by atoms with Crippen molar-refractivity contribution < 1.29 is 4.79 Å². The number of halogens is 2. The molecule has 2 aromatic heterocycles. The smallest absolute Gasteiger partial charge is 0.255 e. The van der Waals surface area contributed by atoms with E-state index in [1.807, 2.05) is 19.9 Å². The topological polar surface area (TPSA) is 101 Å². The SMILES string of the molecule is CCn1ncc2c(NC3CCC(N=O)CC3)c(C(=O)NC(C)c3cccc(Cl)c3Cl)cnc21. The van der Waals surface area contributed by atoms with Crippen LogP contribution in [0.3, 0.4) is 0 Å². The minimum absolute atomic E-state index is 0.130. The fraction of sp³-hybridized carbons (Fsp3) is 0.435. The first-order chi connectivity index (χ1) is 15.9. The molecule has 8 nitrogen and oxygen atoms in total. The maximum Gasteiger partial charge on any atom is 0.255 e. The third kappa shape index (κ3) is 4.82. The van der Waals surface area contributed by atoms with E-state index in [1.165, 1.54) is 0 Å². The van der Waals surface area contributed by atoms with Crippen LogP contribution in [0.25, 0.3) is 11.0 Å². The summed E-state index contributed by atoms with van der Waals surface area (Å²) in [5.74, 6) is -0.275. The molecule has 33 heavy (non-hydrogen) atoms. The molecule has 1 atom stereocenters. The molecule has 3 aromatic rings. The highest BCUT2D eigenvalue weighted by Crippen LogP contribution is 2.32. The average Bonchev–Trinajstić information content (AvgIpc) is 3.25. The summed E-state index contributed by atoms with van der Waals surface area (Å²) >= 11 is 12.5. The van der Waals surface area contributed by atoms with E-state index in [9.17, 15) is 9.70 Å². The summed E-state index contributed by atoms with van der Waals surface area (Å²) < 4.78 is 1.80. The number of amides is 1. The number of hydrogen-bond donors (Lipinski definition) is 2. The number of nitrogens with one attached hydrogen (secondary N) is 2. The van der Waals surface area contributed by atoms with Gasteiger partial charge in [-0.05, 0) is 51.2 Å². The van der Waals surface area contributed by atoms with Gasteiger partial charge in [-0.1, -0.05) is 40.5 Å². The first-order valence-corrected chi connectivity index (χ1v) is 11.9. The first-order valence-electron chi connectivity index (χ1n) is 11.1. The highest BCUT2D eigenvalue weighted by molar-refractivity contribution is 6.42. The molecule has 174 valence electrons. The maximum absolute atomic E-state index is 13.4. The van der Waals surface area contributed by atoms with Gasteiger partial charge >= 0.3 is 0 Å². The molecule has 0 radical (unpaired) electrons. The normalized spacial score (nSPS) is 19.3. The van der Waals surface area contributed by atoms with Crippen LogP contribution in [0, 0.1) is 4.91 Å². The van der Waals surface area contributed by atoms with Crippen molar-refractivity contribution in [1.29, 1.82) is 0 Å². The minimum Gasteiger partial charge on any atom is -0.381 e. The van der Waals surface area contributed by atoms with Crippen LogP contribution >= 0.6 is 23.2 Å². The summed E-state index contributed by atoms with van der Waals surface area (Å²) in [5.41, 5.74) is 2.58. The lowest BCUT2D eigenvalue weighted by molar-refractivity contribution is 0.0940. The van der Waals surface area contributed by atoms with Crippen molar-refractivity contribution in [3.8, 4) is 0 Å². The number of carbonyl (C=O) groups excluding carboxylic acids is 1. The molecule has 1 saturated carbocycles. The molecule has 2 heterocycles. The van der Waals surface area contributed by atoms with Gasteiger partial charge in [-0.15, -0.1) is 0 Å². The standard InChI is InChI=1S/C23H26Cl2N6O2/c1-3-31-22-17(12-27-31)21(29-14-7-9-15(30-33)10-8-14)18(11-26-22)23(32)28-13(2)16-5-4-6-19(24)20(16)25/h4-6,11-15H,3,7-10H2,1-2H3,(H,26,29)(H,28,32). The Kier molecular flexibility index (Phi) is 7.14. The third-order valence-corrected chi connectivity index (χ3v) is 7.03. The van der Waals surface area contributed by atoms with E-state index >= 15 is 0 Å². The van der Waals surface area contributed by atoms with Crippen LogP contribution < -0.4 is 10.6 Å². The molecular weight excluding hydrogens is 463 g/mol. The Morgan fingerprint density at radius 1 is 1.24 bits per heavy atom. The van der Waals surface area contributed by atoms with Gasteiger partial charge in [0.25, 0.3) is 5.91 Å². The number of anilines is 1. The third-order valence-electron chi connectivity index (χ3n) is 6.20. The molecule has 0 bridgehead atoms. The first kappa shape index (κ1) is 23.4. The monoisotopic (exact) mass is 488 g/mol. The van der Waals surface area contributed by atoms with E-state index in [0.717, 1.165) is 36.6 Å². The predicted octanol–water partition coefficient (Wildman–Crippen LogP) is 5.74. The van der Waals surface area contributed by atoms with Crippen molar-refractivity contribution in [2.75, 3.05) is 5.32 Å². The van der Waals surface area contributed by atoms with Crippen molar-refractivity contribution in [3.63, 3.8) is 0 Å². The number of nitroso groups, excluding NO2 is 1. The summed E-state index contributed by atoms with van der Waals surface area (Å²) in [6.07, 6.45) is 6.39. The summed E-state index contributed by atoms with van der Waals surface area (Å²) in [7, 11) is 0. The number of carbonyl (C=O) groups is 1. The van der Waals surface area contributed by atoms with Crippen LogP contribution in [0.5, 0.6) is 0 Å². The average molecular weight is 489 g/mol. The van der Waals surface area contributed by atoms with E-state index < -0.39 is 0 Å². The van der Waals surface area contributed by atoms with Gasteiger partial charge in [-0.25, -0.2) is 9.67 Å². The zero-order valence-corrected chi connectivity index (χ0v) is 20.0. The number of fused-ring (bicyclic) bond motifs is 1. The van der Waals surface area contributed by atoms with Crippen molar-refractivity contribution in [2.45, 2.75) is 64.2 Å². The molecule has 1 aromatic carbocycles. The Morgan fingerprint density at radius 3 is 2.70 bits per heavy atom. The lowest BCUT2D eigenvalue weighted by Crippen LogP contribution is -2.31. The molecule has 1 aliphatic rings. The van der Waals surface area contributed by atoms with Gasteiger partial charge < -0.3 is 10.6 Å². The molecular formula is C23H26Cl2N6O2. The Hall–Kier alpha value is -2.71. The quantitative estimate of drug-likeness (QED) is 0.412. The zero-order valence-electron chi connectivity index (χ0n) is 18.5. The molecule has 2 N–H and O–H groups in total. The molecule has 10 heteroatoms. The Bertz CT molecular complexity index is 1170. The van der Waals surface area contributed by atoms with Crippen LogP contribution in [0.1, 0.15) is 61.5 Å². The Labute approximate surface area is 202 Å². The van der Waals surface area contributed by atoms with E-state index in [4.69, 9.17) is 23.2 Å². The predicted molar refractivity (Wildman–Crippen MR) is 131 cm³/mol. The molecule has 1 fully saturated rings. The lowest BCUT2D eigenvalue weighted by Gasteiger charge is -2.27. The number of hydrogen-bond acceptors (Lipinski definition) is 6. The number of aryl methyl sites for hydroxylation is 1. The zero-order chi connectivity index (χ0) is 23.5. The van der Waals surface area contributed by atoms with E-state index in [2.05, 4.69) is 25.9 Å². The van der Waals surface area contributed by atoms with Crippen molar-refractivity contribution in [2.24, 2.45) is 5.18 Å². The summed E-state index contributed by atoms with van der Waals surface area (Å²) in [5, 5.41) is 15.8. The minimum atomic E-state index is -0.361.